The lowest BCUT2D eigenvalue weighted by atomic mass is 9.95. The molecule has 0 saturated carbocycles. The monoisotopic (exact) mass is 506 g/mol. The Kier molecular flexibility index (Phi) is 10.9. The minimum atomic E-state index is -0.0227. The fourth-order valence-corrected chi connectivity index (χ4v) is 4.11. The molecule has 0 aliphatic heterocycles. The number of unbranched alkanes of at least 4 members (excludes halogenated alkanes) is 2. The van der Waals surface area contributed by atoms with Crippen LogP contribution in [0.5, 0.6) is 0 Å². The van der Waals surface area contributed by atoms with Gasteiger partial charge in [-0.2, -0.15) is 4.99 Å². The maximum absolute atomic E-state index is 5.72. The Hall–Kier alpha value is -4.58. The summed E-state index contributed by atoms with van der Waals surface area (Å²) < 4.78 is 1.99. The first kappa shape index (κ1) is 28.0. The molecule has 0 fully saturated rings. The molecule has 0 bridgehead atoms. The molecule has 0 aliphatic rings. The van der Waals surface area contributed by atoms with Gasteiger partial charge in [-0.1, -0.05) is 104 Å². The van der Waals surface area contributed by atoms with Crippen molar-refractivity contribution in [2.24, 2.45) is 16.5 Å². The van der Waals surface area contributed by atoms with Crippen LogP contribution in [0.1, 0.15) is 37.3 Å². The molecule has 0 aliphatic carbocycles. The molecule has 3 rings (SSSR count). The molecule has 38 heavy (non-hydrogen) atoms. The fraction of sp³-hybridized carbons (Fsp3) is 0.188. The smallest absolute Gasteiger partial charge is 0.192 e. The van der Waals surface area contributed by atoms with E-state index < -0.39 is 0 Å². The second-order valence-electron chi connectivity index (χ2n) is 8.80. The van der Waals surface area contributed by atoms with E-state index in [0.717, 1.165) is 30.2 Å². The number of guanidine groups is 1. The van der Waals surface area contributed by atoms with E-state index in [2.05, 4.69) is 83.1 Å². The summed E-state index contributed by atoms with van der Waals surface area (Å²) in [6.07, 6.45) is 15.0. The Morgan fingerprint density at radius 3 is 2.42 bits per heavy atom. The van der Waals surface area contributed by atoms with Gasteiger partial charge in [-0.25, -0.2) is 4.98 Å². The lowest BCUT2D eigenvalue weighted by molar-refractivity contribution is 0.705. The lowest BCUT2D eigenvalue weighted by Gasteiger charge is -2.10. The van der Waals surface area contributed by atoms with Crippen LogP contribution in [-0.4, -0.2) is 22.1 Å². The van der Waals surface area contributed by atoms with Gasteiger partial charge >= 0.3 is 0 Å². The third kappa shape index (κ3) is 8.23. The van der Waals surface area contributed by atoms with E-state index in [4.69, 9.17) is 11.5 Å². The van der Waals surface area contributed by atoms with Crippen molar-refractivity contribution in [2.75, 3.05) is 6.54 Å². The number of nitrogens with two attached hydrogens (primary N) is 2. The van der Waals surface area contributed by atoms with E-state index in [1.807, 2.05) is 47.9 Å². The Morgan fingerprint density at radius 1 is 1.05 bits per heavy atom. The van der Waals surface area contributed by atoms with Crippen molar-refractivity contribution in [1.29, 1.82) is 0 Å². The number of aromatic nitrogens is 2. The molecule has 0 atom stereocenters. The Labute approximate surface area is 225 Å². The first-order valence-corrected chi connectivity index (χ1v) is 12.9. The zero-order chi connectivity index (χ0) is 27.2. The topological polar surface area (TPSA) is 94.2 Å². The molecule has 0 unspecified atom stereocenters. The highest BCUT2D eigenvalue weighted by atomic mass is 15.1. The van der Waals surface area contributed by atoms with Gasteiger partial charge in [0.1, 0.15) is 5.35 Å². The summed E-state index contributed by atoms with van der Waals surface area (Å²) in [6.45, 7) is 11.5. The highest BCUT2D eigenvalue weighted by molar-refractivity contribution is 5.82. The summed E-state index contributed by atoms with van der Waals surface area (Å²) in [7, 11) is 0. The number of allylic oxidation sites excluding steroid dienone is 7. The Morgan fingerprint density at radius 2 is 1.76 bits per heavy atom. The predicted molar refractivity (Wildman–Crippen MR) is 161 cm³/mol. The van der Waals surface area contributed by atoms with Crippen LogP contribution in [0, 0.1) is 0 Å². The lowest BCUT2D eigenvalue weighted by Crippen LogP contribution is -2.36. The number of imidazole rings is 1. The van der Waals surface area contributed by atoms with Crippen molar-refractivity contribution in [3.8, 4) is 0 Å². The maximum atomic E-state index is 5.72. The van der Waals surface area contributed by atoms with E-state index in [0.29, 0.717) is 24.3 Å². The molecule has 3 aromatic rings. The van der Waals surface area contributed by atoms with Crippen LogP contribution < -0.4 is 27.5 Å². The molecule has 0 radical (unpaired) electrons. The van der Waals surface area contributed by atoms with Gasteiger partial charge in [0.15, 0.2) is 11.8 Å². The van der Waals surface area contributed by atoms with Gasteiger partial charge in [0.25, 0.3) is 0 Å². The van der Waals surface area contributed by atoms with E-state index in [-0.39, 0.29) is 5.96 Å². The molecule has 1 aromatic heterocycles. The second kappa shape index (κ2) is 14.9. The quantitative estimate of drug-likeness (QED) is 0.140. The fourth-order valence-electron chi connectivity index (χ4n) is 4.11. The van der Waals surface area contributed by atoms with Crippen LogP contribution in [0.15, 0.2) is 115 Å². The van der Waals surface area contributed by atoms with Gasteiger partial charge in [0, 0.05) is 13.1 Å². The standard InChI is InChI=1S/C32H38N6/c1-4-15-27(16-5-2)29(28-19-11-7-12-20-28)21-13-8-14-22-35-31(37-32(33)34)30-25(3)38(24-36-30)23-26-17-9-6-10-18-26/h4-7,9-12,15-21,24,35H,1,3,8,13-14,22-23H2,2H3,(H4,33,34,37)/b16-5-,27-15+,29-21+,31-30+. The summed E-state index contributed by atoms with van der Waals surface area (Å²) in [5.41, 5.74) is 16.1. The molecular weight excluding hydrogens is 468 g/mol. The van der Waals surface area contributed by atoms with Crippen LogP contribution in [0.3, 0.4) is 0 Å². The molecule has 1 heterocycles. The third-order valence-corrected chi connectivity index (χ3v) is 5.92. The number of hydrogen-bond donors (Lipinski definition) is 3. The van der Waals surface area contributed by atoms with Crippen molar-refractivity contribution in [2.45, 2.75) is 32.7 Å². The first-order chi connectivity index (χ1) is 18.5. The minimum Gasteiger partial charge on any atom is -0.370 e. The number of rotatable bonds is 13. The number of benzene rings is 2. The number of hydrogen-bond acceptors (Lipinski definition) is 3. The zero-order valence-corrected chi connectivity index (χ0v) is 22.2. The second-order valence-corrected chi connectivity index (χ2v) is 8.80. The normalized spacial score (nSPS) is 12.9. The zero-order valence-electron chi connectivity index (χ0n) is 22.2. The van der Waals surface area contributed by atoms with E-state index in [9.17, 15) is 0 Å². The van der Waals surface area contributed by atoms with Crippen molar-refractivity contribution in [1.82, 2.24) is 14.9 Å². The third-order valence-electron chi connectivity index (χ3n) is 5.92. The molecule has 196 valence electrons. The van der Waals surface area contributed by atoms with Gasteiger partial charge in [0.05, 0.1) is 11.7 Å². The van der Waals surface area contributed by atoms with Gasteiger partial charge < -0.3 is 21.4 Å². The number of nitrogens with one attached hydrogen (secondary N) is 1. The average Bonchev–Trinajstić information content (AvgIpc) is 3.28. The number of nitrogens with zero attached hydrogens (tertiary/aromatic N) is 3. The van der Waals surface area contributed by atoms with Crippen LogP contribution in [-0.2, 0) is 6.54 Å². The number of aliphatic imine (C=N–C) groups is 1. The first-order valence-electron chi connectivity index (χ1n) is 12.9. The summed E-state index contributed by atoms with van der Waals surface area (Å²) in [5.74, 6) is 0.511. The molecule has 2 aromatic carbocycles. The molecular formula is C32H38N6. The highest BCUT2D eigenvalue weighted by Gasteiger charge is 2.06. The summed E-state index contributed by atoms with van der Waals surface area (Å²) >= 11 is 0. The maximum Gasteiger partial charge on any atom is 0.192 e. The van der Waals surface area contributed by atoms with Crippen LogP contribution >= 0.6 is 0 Å². The van der Waals surface area contributed by atoms with Gasteiger partial charge in [-0.15, -0.1) is 0 Å². The summed E-state index contributed by atoms with van der Waals surface area (Å²) in [5, 5.41) is 4.76. The molecule has 0 amide bonds. The molecule has 0 spiro atoms. The van der Waals surface area contributed by atoms with E-state index >= 15 is 0 Å². The van der Waals surface area contributed by atoms with Crippen molar-refractivity contribution < 1.29 is 0 Å². The Balaban J connectivity index is 1.70. The average molecular weight is 507 g/mol. The van der Waals surface area contributed by atoms with Crippen LogP contribution in [0.4, 0.5) is 0 Å². The minimum absolute atomic E-state index is 0.0227. The molecule has 6 heteroatoms. The van der Waals surface area contributed by atoms with E-state index in [1.165, 1.54) is 16.7 Å². The van der Waals surface area contributed by atoms with Gasteiger partial charge in [-0.3, -0.25) is 0 Å². The molecule has 5 N–H and O–H groups in total. The van der Waals surface area contributed by atoms with Gasteiger partial charge in [0.2, 0.25) is 0 Å². The van der Waals surface area contributed by atoms with Crippen LogP contribution in [0.25, 0.3) is 18.0 Å². The predicted octanol–water partition coefficient (Wildman–Crippen LogP) is 4.21. The van der Waals surface area contributed by atoms with E-state index in [1.54, 1.807) is 6.33 Å². The highest BCUT2D eigenvalue weighted by Crippen LogP contribution is 2.25. The summed E-state index contributed by atoms with van der Waals surface area (Å²) in [4.78, 5) is 8.85. The molecule has 6 nitrogen and oxygen atoms in total. The van der Waals surface area contributed by atoms with Crippen molar-refractivity contribution >= 4 is 23.9 Å². The SMILES string of the molecule is C=C/C=C(\C=C/C)C(=C\CCCCN/C(N=C(N)N)=c1\ncn(Cc2ccccc2)c1=C)/c1ccccc1. The van der Waals surface area contributed by atoms with Crippen LogP contribution in [0.2, 0.25) is 0 Å². The summed E-state index contributed by atoms with van der Waals surface area (Å²) in [6, 6.07) is 20.6. The largest absolute Gasteiger partial charge is 0.370 e. The Bertz CT molecular complexity index is 1410. The van der Waals surface area contributed by atoms with Crippen molar-refractivity contribution in [3.63, 3.8) is 0 Å². The molecule has 0 saturated heterocycles. The van der Waals surface area contributed by atoms with Gasteiger partial charge in [-0.05, 0) is 48.5 Å². The van der Waals surface area contributed by atoms with Crippen molar-refractivity contribution in [3.05, 3.63) is 131 Å².